The van der Waals surface area contributed by atoms with Crippen LogP contribution in [0.25, 0.3) is 0 Å². The van der Waals surface area contributed by atoms with Crippen LogP contribution in [0, 0.1) is 0 Å². The molecule has 2 rings (SSSR count). The van der Waals surface area contributed by atoms with Crippen molar-refractivity contribution in [2.45, 2.75) is 0 Å². The fourth-order valence-electron chi connectivity index (χ4n) is 1.41. The number of anilines is 1. The second-order valence-corrected chi connectivity index (χ2v) is 3.44. The maximum absolute atomic E-state index is 12.0. The van der Waals surface area contributed by atoms with Crippen molar-refractivity contribution >= 4 is 17.4 Å². The zero-order chi connectivity index (χ0) is 13.1. The number of hydrazine groups is 1. The highest BCUT2D eigenvalue weighted by atomic mass is 16.5. The minimum atomic E-state index is -0.719. The lowest BCUT2D eigenvalue weighted by Crippen LogP contribution is -2.30. The van der Waals surface area contributed by atoms with E-state index in [0.717, 1.165) is 0 Å². The second-order valence-electron chi connectivity index (χ2n) is 3.44. The highest BCUT2D eigenvalue weighted by Gasteiger charge is 2.24. The molecular formula is C11H10N4O3. The molecule has 0 aliphatic heterocycles. The fraction of sp³-hybridized carbons (Fsp3) is 0. The molecule has 0 radical (unpaired) electrons. The maximum atomic E-state index is 12.0. The molecular weight excluding hydrogens is 236 g/mol. The lowest BCUT2D eigenvalue weighted by molar-refractivity contribution is 0.0940. The predicted molar refractivity (Wildman–Crippen MR) is 62.4 cm³/mol. The number of carbonyl (C=O) groups excluding carboxylic acids is 2. The van der Waals surface area contributed by atoms with Crippen LogP contribution in [0.1, 0.15) is 26.6 Å². The highest BCUT2D eigenvalue weighted by Crippen LogP contribution is 2.20. The predicted octanol–water partition coefficient (Wildman–Crippen LogP) is 0.0913. The van der Waals surface area contributed by atoms with Crippen LogP contribution in [0.4, 0.5) is 5.69 Å². The van der Waals surface area contributed by atoms with Gasteiger partial charge in [-0.2, -0.15) is 0 Å². The minimum absolute atomic E-state index is 0.133. The van der Waals surface area contributed by atoms with Crippen LogP contribution < -0.4 is 17.0 Å². The average Bonchev–Trinajstić information content (AvgIpc) is 2.80. The first-order valence-corrected chi connectivity index (χ1v) is 5.01. The first-order valence-electron chi connectivity index (χ1n) is 5.01. The summed E-state index contributed by atoms with van der Waals surface area (Å²) in [5.74, 6) is 3.60. The molecule has 0 bridgehead atoms. The fourth-order valence-corrected chi connectivity index (χ4v) is 1.41. The topological polar surface area (TPSA) is 124 Å². The lowest BCUT2D eigenvalue weighted by Gasteiger charge is -1.97. The van der Waals surface area contributed by atoms with Gasteiger partial charge in [-0.3, -0.25) is 15.0 Å². The molecule has 1 aromatic carbocycles. The normalized spacial score (nSPS) is 10.1. The van der Waals surface area contributed by atoms with Crippen LogP contribution in [-0.2, 0) is 0 Å². The number of nitrogens with zero attached hydrogens (tertiary/aromatic N) is 1. The van der Waals surface area contributed by atoms with E-state index in [9.17, 15) is 9.59 Å². The van der Waals surface area contributed by atoms with Gasteiger partial charge in [0.1, 0.15) is 5.69 Å². The number of rotatable bonds is 3. The molecule has 0 spiro atoms. The number of aromatic nitrogens is 1. The van der Waals surface area contributed by atoms with E-state index in [1.807, 2.05) is 5.43 Å². The summed E-state index contributed by atoms with van der Waals surface area (Å²) < 4.78 is 4.79. The smallest absolute Gasteiger partial charge is 0.289 e. The van der Waals surface area contributed by atoms with Crippen LogP contribution in [0.3, 0.4) is 0 Å². The van der Waals surface area contributed by atoms with Gasteiger partial charge in [0.25, 0.3) is 5.91 Å². The number of ketones is 1. The first-order chi connectivity index (χ1) is 8.65. The average molecular weight is 246 g/mol. The van der Waals surface area contributed by atoms with Gasteiger partial charge < -0.3 is 10.3 Å². The molecule has 0 fully saturated rings. The molecule has 0 atom stereocenters. The summed E-state index contributed by atoms with van der Waals surface area (Å²) in [5, 5.41) is 3.42. The molecule has 0 saturated heterocycles. The Morgan fingerprint density at radius 1 is 1.22 bits per heavy atom. The number of benzene rings is 1. The molecule has 18 heavy (non-hydrogen) atoms. The molecule has 2 aromatic rings. The van der Waals surface area contributed by atoms with Crippen LogP contribution in [0.5, 0.6) is 0 Å². The van der Waals surface area contributed by atoms with Gasteiger partial charge in [0.15, 0.2) is 5.69 Å². The number of hydrogen-bond donors (Lipinski definition) is 3. The van der Waals surface area contributed by atoms with Crippen molar-refractivity contribution in [2.24, 2.45) is 5.84 Å². The Bertz CT molecular complexity index is 592. The molecule has 0 saturated carbocycles. The summed E-state index contributed by atoms with van der Waals surface area (Å²) >= 11 is 0. The number of nitrogens with one attached hydrogen (secondary N) is 1. The summed E-state index contributed by atoms with van der Waals surface area (Å²) in [4.78, 5) is 23.3. The highest BCUT2D eigenvalue weighted by molar-refractivity contribution is 6.12. The quantitative estimate of drug-likeness (QED) is 0.305. The van der Waals surface area contributed by atoms with E-state index >= 15 is 0 Å². The molecule has 7 heteroatoms. The van der Waals surface area contributed by atoms with E-state index in [-0.39, 0.29) is 17.1 Å². The van der Waals surface area contributed by atoms with Gasteiger partial charge in [-0.25, -0.2) is 5.84 Å². The van der Waals surface area contributed by atoms with Gasteiger partial charge in [-0.1, -0.05) is 35.5 Å². The third-order valence-electron chi connectivity index (χ3n) is 2.32. The van der Waals surface area contributed by atoms with Crippen molar-refractivity contribution in [1.29, 1.82) is 0 Å². The Morgan fingerprint density at radius 2 is 1.89 bits per heavy atom. The summed E-state index contributed by atoms with van der Waals surface area (Å²) in [5.41, 5.74) is 7.53. The van der Waals surface area contributed by atoms with E-state index in [1.165, 1.54) is 0 Å². The SMILES string of the molecule is NNC(=O)c1noc(C(=O)c2ccccc2)c1N. The van der Waals surface area contributed by atoms with Crippen LogP contribution >= 0.6 is 0 Å². The van der Waals surface area contributed by atoms with E-state index in [2.05, 4.69) is 5.16 Å². The van der Waals surface area contributed by atoms with Crippen LogP contribution in [0.2, 0.25) is 0 Å². The summed E-state index contributed by atoms with van der Waals surface area (Å²) in [6.45, 7) is 0. The monoisotopic (exact) mass is 246 g/mol. The van der Waals surface area contributed by atoms with Crippen molar-refractivity contribution in [1.82, 2.24) is 10.6 Å². The van der Waals surface area contributed by atoms with Gasteiger partial charge in [-0.15, -0.1) is 0 Å². The molecule has 1 aromatic heterocycles. The molecule has 92 valence electrons. The minimum Gasteiger partial charge on any atom is -0.393 e. The van der Waals surface area contributed by atoms with E-state index in [0.29, 0.717) is 5.56 Å². The zero-order valence-corrected chi connectivity index (χ0v) is 9.21. The van der Waals surface area contributed by atoms with Gasteiger partial charge in [0.2, 0.25) is 11.5 Å². The van der Waals surface area contributed by atoms with Gasteiger partial charge >= 0.3 is 0 Å². The van der Waals surface area contributed by atoms with Gasteiger partial charge in [0.05, 0.1) is 0 Å². The van der Waals surface area contributed by atoms with Crippen molar-refractivity contribution in [3.05, 3.63) is 47.3 Å². The Kier molecular flexibility index (Phi) is 3.07. The zero-order valence-electron chi connectivity index (χ0n) is 9.21. The Hall–Kier alpha value is -2.67. The van der Waals surface area contributed by atoms with Crippen LogP contribution in [-0.4, -0.2) is 16.8 Å². The van der Waals surface area contributed by atoms with E-state index in [4.69, 9.17) is 16.1 Å². The van der Waals surface area contributed by atoms with Crippen molar-refractivity contribution in [3.8, 4) is 0 Å². The maximum Gasteiger partial charge on any atom is 0.289 e. The van der Waals surface area contributed by atoms with E-state index < -0.39 is 11.7 Å². The Morgan fingerprint density at radius 3 is 2.50 bits per heavy atom. The van der Waals surface area contributed by atoms with Gasteiger partial charge in [0, 0.05) is 5.56 Å². The summed E-state index contributed by atoms with van der Waals surface area (Å²) in [7, 11) is 0. The first kappa shape index (κ1) is 11.8. The van der Waals surface area contributed by atoms with Crippen molar-refractivity contribution < 1.29 is 14.1 Å². The molecule has 0 unspecified atom stereocenters. The van der Waals surface area contributed by atoms with Crippen LogP contribution in [0.15, 0.2) is 34.9 Å². The number of nitrogens with two attached hydrogens (primary N) is 2. The van der Waals surface area contributed by atoms with Gasteiger partial charge in [-0.05, 0) is 0 Å². The summed E-state index contributed by atoms with van der Waals surface area (Å²) in [6.07, 6.45) is 0. The molecule has 5 N–H and O–H groups in total. The largest absolute Gasteiger partial charge is 0.393 e. The number of carbonyl (C=O) groups is 2. The molecule has 0 aliphatic carbocycles. The van der Waals surface area contributed by atoms with Crippen molar-refractivity contribution in [2.75, 3.05) is 5.73 Å². The molecule has 7 nitrogen and oxygen atoms in total. The second kappa shape index (κ2) is 4.68. The standard InChI is InChI=1S/C11H10N4O3/c12-7-8(11(17)14-13)15-18-10(7)9(16)6-4-2-1-3-5-6/h1-5H,12-13H2,(H,14,17). The van der Waals surface area contributed by atoms with E-state index in [1.54, 1.807) is 30.3 Å². The molecule has 1 amide bonds. The molecule has 0 aliphatic rings. The van der Waals surface area contributed by atoms with Crippen molar-refractivity contribution in [3.63, 3.8) is 0 Å². The molecule has 1 heterocycles. The lowest BCUT2D eigenvalue weighted by atomic mass is 10.1. The Labute approximate surface area is 102 Å². The number of amides is 1. The number of hydrogen-bond acceptors (Lipinski definition) is 6. The Balaban J connectivity index is 2.39. The third kappa shape index (κ3) is 1.94. The summed E-state index contributed by atoms with van der Waals surface area (Å²) in [6, 6.07) is 8.38. The third-order valence-corrected chi connectivity index (χ3v) is 2.32. The number of nitrogen functional groups attached to an aromatic ring is 2.